The van der Waals surface area contributed by atoms with Crippen LogP contribution >= 0.6 is 0 Å². The Morgan fingerprint density at radius 3 is 2.43 bits per heavy atom. The molecule has 190 valence electrons. The molecule has 2 aromatic heterocycles. The average Bonchev–Trinajstić information content (AvgIpc) is 3.43. The first kappa shape index (κ1) is 25.6. The van der Waals surface area contributed by atoms with E-state index in [9.17, 15) is 9.59 Å². The van der Waals surface area contributed by atoms with Crippen LogP contribution in [-0.4, -0.2) is 56.8 Å². The number of amides is 1. The molecule has 0 unspecified atom stereocenters. The number of hydrogen-bond donors (Lipinski definition) is 2. The molecule has 0 aliphatic carbocycles. The zero-order valence-electron chi connectivity index (χ0n) is 20.9. The van der Waals surface area contributed by atoms with Crippen LogP contribution in [0.5, 0.6) is 0 Å². The molecule has 1 amide bonds. The quantitative estimate of drug-likeness (QED) is 0.270. The van der Waals surface area contributed by atoms with Gasteiger partial charge in [-0.15, -0.1) is 0 Å². The first-order valence-corrected chi connectivity index (χ1v) is 12.4. The third kappa shape index (κ3) is 7.27. The topological polar surface area (TPSA) is 100 Å². The van der Waals surface area contributed by atoms with Gasteiger partial charge in [-0.1, -0.05) is 42.5 Å². The minimum absolute atomic E-state index is 0.0610. The number of benzene rings is 2. The predicted octanol–water partition coefficient (Wildman–Crippen LogP) is 4.92. The van der Waals surface area contributed by atoms with E-state index in [2.05, 4.69) is 27.5 Å². The van der Waals surface area contributed by atoms with Gasteiger partial charge in [-0.3, -0.25) is 9.59 Å². The maximum Gasteiger partial charge on any atom is 0.305 e. The van der Waals surface area contributed by atoms with Gasteiger partial charge < -0.3 is 15.3 Å². The zero-order chi connectivity index (χ0) is 26.0. The van der Waals surface area contributed by atoms with E-state index >= 15 is 0 Å². The molecule has 0 saturated carbocycles. The molecule has 0 bridgehead atoms. The Hall–Kier alpha value is -4.46. The van der Waals surface area contributed by atoms with Gasteiger partial charge in [0.05, 0.1) is 24.5 Å². The van der Waals surface area contributed by atoms with Crippen LogP contribution in [0.3, 0.4) is 0 Å². The Bertz CT molecular complexity index is 1300. The van der Waals surface area contributed by atoms with Gasteiger partial charge in [-0.05, 0) is 54.7 Å². The number of rotatable bonds is 12. The van der Waals surface area contributed by atoms with Gasteiger partial charge in [-0.25, -0.2) is 9.67 Å². The van der Waals surface area contributed by atoms with Crippen molar-refractivity contribution in [2.24, 2.45) is 0 Å². The van der Waals surface area contributed by atoms with E-state index in [-0.39, 0.29) is 18.9 Å². The van der Waals surface area contributed by atoms with E-state index in [1.165, 1.54) is 10.5 Å². The molecular weight excluding hydrogens is 466 g/mol. The Labute approximate surface area is 216 Å². The fraction of sp³-hybridized carbons (Fsp3) is 0.241. The number of unbranched alkanes of at least 4 members (excludes halogenated alkanes) is 1. The van der Waals surface area contributed by atoms with Gasteiger partial charge in [0.2, 0.25) is 0 Å². The molecule has 0 saturated heterocycles. The summed E-state index contributed by atoms with van der Waals surface area (Å²) >= 11 is 0. The number of nitrogens with zero attached hydrogens (tertiary/aromatic N) is 4. The summed E-state index contributed by atoms with van der Waals surface area (Å²) in [5.41, 5.74) is 4.88. The second kappa shape index (κ2) is 12.5. The zero-order valence-corrected chi connectivity index (χ0v) is 20.9. The number of hydrogen-bond acceptors (Lipinski definition) is 5. The number of aromatic nitrogens is 3. The number of carboxylic acids is 1. The predicted molar refractivity (Wildman–Crippen MR) is 144 cm³/mol. The normalized spacial score (nSPS) is 10.7. The second-order valence-electron chi connectivity index (χ2n) is 8.90. The molecule has 4 rings (SSSR count). The summed E-state index contributed by atoms with van der Waals surface area (Å²) in [6.45, 7) is 1.03. The summed E-state index contributed by atoms with van der Waals surface area (Å²) in [5.74, 6) is -0.312. The highest BCUT2D eigenvalue weighted by molar-refractivity contribution is 5.94. The van der Waals surface area contributed by atoms with Crippen LogP contribution in [0.15, 0.2) is 85.3 Å². The lowest BCUT2D eigenvalue weighted by molar-refractivity contribution is -0.137. The third-order valence-electron chi connectivity index (χ3n) is 6.10. The Kier molecular flexibility index (Phi) is 8.65. The highest BCUT2D eigenvalue weighted by atomic mass is 16.4. The molecular formula is C29H31N5O3. The average molecular weight is 498 g/mol. The van der Waals surface area contributed by atoms with E-state index < -0.39 is 5.97 Å². The molecule has 2 N–H and O–H groups in total. The summed E-state index contributed by atoms with van der Waals surface area (Å²) < 4.78 is 1.78. The maximum atomic E-state index is 12.4. The van der Waals surface area contributed by atoms with Gasteiger partial charge in [0.1, 0.15) is 0 Å². The molecule has 37 heavy (non-hydrogen) atoms. The third-order valence-corrected chi connectivity index (χ3v) is 6.10. The number of carbonyl (C=O) groups is 2. The number of aliphatic carboxylic acids is 1. The Balaban J connectivity index is 1.18. The number of anilines is 1. The fourth-order valence-electron chi connectivity index (χ4n) is 3.94. The van der Waals surface area contributed by atoms with Gasteiger partial charge in [0.25, 0.3) is 5.91 Å². The van der Waals surface area contributed by atoms with Gasteiger partial charge in [-0.2, -0.15) is 5.10 Å². The smallest absolute Gasteiger partial charge is 0.305 e. The van der Waals surface area contributed by atoms with Crippen molar-refractivity contribution in [3.63, 3.8) is 0 Å². The lowest BCUT2D eigenvalue weighted by Crippen LogP contribution is -2.29. The minimum Gasteiger partial charge on any atom is -0.481 e. The van der Waals surface area contributed by atoms with Crippen LogP contribution in [0.1, 0.15) is 35.2 Å². The molecule has 8 nitrogen and oxygen atoms in total. The number of nitrogens with one attached hydrogen (secondary N) is 1. The lowest BCUT2D eigenvalue weighted by atomic mass is 10.1. The largest absolute Gasteiger partial charge is 0.481 e. The molecule has 4 aromatic rings. The number of pyridine rings is 1. The second-order valence-corrected chi connectivity index (χ2v) is 8.90. The van der Waals surface area contributed by atoms with Crippen molar-refractivity contribution in [3.05, 3.63) is 96.4 Å². The molecule has 0 spiro atoms. The van der Waals surface area contributed by atoms with E-state index in [0.29, 0.717) is 5.56 Å². The lowest BCUT2D eigenvalue weighted by Gasteiger charge is -2.16. The van der Waals surface area contributed by atoms with Gasteiger partial charge >= 0.3 is 5.97 Å². The van der Waals surface area contributed by atoms with Crippen molar-refractivity contribution in [3.8, 4) is 16.9 Å². The fourth-order valence-corrected chi connectivity index (χ4v) is 3.94. The molecule has 8 heteroatoms. The standard InChI is InChI=1S/C29H31N5O3/c1-33(18-16-28(35)36)29(37)24-12-10-22(11-13-24)7-5-6-17-30-26-14-15-27(31-20-26)34-21-25(19-32-34)23-8-3-2-4-9-23/h2-4,8-15,19-21,30H,5-7,16-18H2,1H3,(H,35,36). The first-order valence-electron chi connectivity index (χ1n) is 12.4. The number of carbonyl (C=O) groups excluding carboxylic acids is 1. The summed E-state index contributed by atoms with van der Waals surface area (Å²) in [4.78, 5) is 29.0. The van der Waals surface area contributed by atoms with E-state index in [1.807, 2.05) is 73.2 Å². The van der Waals surface area contributed by atoms with Gasteiger partial charge in [0, 0.05) is 37.5 Å². The van der Waals surface area contributed by atoms with Crippen molar-refractivity contribution in [2.45, 2.75) is 25.7 Å². The molecule has 0 aliphatic rings. The molecule has 2 aromatic carbocycles. The van der Waals surface area contributed by atoms with E-state index in [4.69, 9.17) is 5.11 Å². The Morgan fingerprint density at radius 2 is 1.73 bits per heavy atom. The molecule has 0 fully saturated rings. The number of aryl methyl sites for hydroxylation is 1. The van der Waals surface area contributed by atoms with Crippen molar-refractivity contribution < 1.29 is 14.7 Å². The van der Waals surface area contributed by atoms with Crippen LogP contribution in [0.25, 0.3) is 16.9 Å². The first-order chi connectivity index (χ1) is 18.0. The van der Waals surface area contributed by atoms with Crippen molar-refractivity contribution >= 4 is 17.6 Å². The van der Waals surface area contributed by atoms with Crippen LogP contribution in [0.2, 0.25) is 0 Å². The summed E-state index contributed by atoms with van der Waals surface area (Å²) in [5, 5.41) is 16.6. The summed E-state index contributed by atoms with van der Waals surface area (Å²) in [7, 11) is 1.62. The van der Waals surface area contributed by atoms with Crippen LogP contribution in [0, 0.1) is 0 Å². The van der Waals surface area contributed by atoms with Crippen molar-refractivity contribution in [1.29, 1.82) is 0 Å². The highest BCUT2D eigenvalue weighted by Gasteiger charge is 2.12. The molecule has 2 heterocycles. The number of carboxylic acid groups (broad SMARTS) is 1. The van der Waals surface area contributed by atoms with Crippen molar-refractivity contribution in [2.75, 3.05) is 25.5 Å². The monoisotopic (exact) mass is 497 g/mol. The van der Waals surface area contributed by atoms with E-state index in [1.54, 1.807) is 11.7 Å². The maximum absolute atomic E-state index is 12.4. The van der Waals surface area contributed by atoms with Crippen molar-refractivity contribution in [1.82, 2.24) is 19.7 Å². The summed E-state index contributed by atoms with van der Waals surface area (Å²) in [6, 6.07) is 21.6. The molecule has 0 radical (unpaired) electrons. The molecule has 0 atom stereocenters. The van der Waals surface area contributed by atoms with Crippen LogP contribution in [-0.2, 0) is 11.2 Å². The molecule has 0 aliphatic heterocycles. The Morgan fingerprint density at radius 1 is 0.946 bits per heavy atom. The van der Waals surface area contributed by atoms with Gasteiger partial charge in [0.15, 0.2) is 5.82 Å². The SMILES string of the molecule is CN(CCC(=O)O)C(=O)c1ccc(CCCCNc2ccc(-n3cc(-c4ccccc4)cn3)nc2)cc1. The highest BCUT2D eigenvalue weighted by Crippen LogP contribution is 2.19. The van der Waals surface area contributed by atoms with E-state index in [0.717, 1.165) is 48.4 Å². The van der Waals surface area contributed by atoms with Crippen LogP contribution < -0.4 is 5.32 Å². The summed E-state index contributed by atoms with van der Waals surface area (Å²) in [6.07, 6.45) is 8.52. The van der Waals surface area contributed by atoms with Crippen LogP contribution in [0.4, 0.5) is 5.69 Å². The minimum atomic E-state index is -0.912.